The Labute approximate surface area is 141 Å². The molecule has 0 aromatic heterocycles. The second-order valence-electron chi connectivity index (χ2n) is 5.06. The molecule has 0 unspecified atom stereocenters. The first-order valence-electron chi connectivity index (χ1n) is 6.48. The van der Waals surface area contributed by atoms with E-state index in [1.807, 2.05) is 19.9 Å². The number of nitrogens with one attached hydrogen (secondary N) is 1. The number of anilines is 1. The first-order chi connectivity index (χ1) is 10.2. The van der Waals surface area contributed by atoms with Crippen molar-refractivity contribution in [3.63, 3.8) is 0 Å². The van der Waals surface area contributed by atoms with Crippen LogP contribution in [0.15, 0.2) is 41.3 Å². The number of hydrogen-bond acceptors (Lipinski definition) is 2. The van der Waals surface area contributed by atoms with Crippen LogP contribution in [-0.4, -0.2) is 8.42 Å². The molecule has 0 aliphatic carbocycles. The lowest BCUT2D eigenvalue weighted by Gasteiger charge is -2.12. The predicted octanol–water partition coefficient (Wildman–Crippen LogP) is 4.49. The van der Waals surface area contributed by atoms with Crippen LogP contribution in [0.2, 0.25) is 0 Å². The summed E-state index contributed by atoms with van der Waals surface area (Å²) in [6.07, 6.45) is 0. The molecular weight excluding hydrogens is 423 g/mol. The molecule has 0 atom stereocenters. The lowest BCUT2D eigenvalue weighted by molar-refractivity contribution is 0.571. The van der Waals surface area contributed by atoms with E-state index in [2.05, 4.69) is 4.72 Å². The van der Waals surface area contributed by atoms with Crippen molar-refractivity contribution in [3.05, 3.63) is 57.2 Å². The normalized spacial score (nSPS) is 11.7. The van der Waals surface area contributed by atoms with Gasteiger partial charge in [0.25, 0.3) is 10.0 Å². The lowest BCUT2D eigenvalue weighted by Crippen LogP contribution is -2.15. The molecule has 2 aromatic carbocycles. The van der Waals surface area contributed by atoms with Crippen LogP contribution in [0, 0.1) is 15.2 Å². The maximum Gasteiger partial charge on any atom is 0.261 e. The van der Waals surface area contributed by atoms with Crippen LogP contribution < -0.4 is 4.72 Å². The van der Waals surface area contributed by atoms with Crippen molar-refractivity contribution >= 4 is 38.3 Å². The molecule has 0 fully saturated rings. The lowest BCUT2D eigenvalue weighted by atomic mass is 10.0. The van der Waals surface area contributed by atoms with Gasteiger partial charge in [0, 0.05) is 0 Å². The fourth-order valence-electron chi connectivity index (χ4n) is 1.85. The van der Waals surface area contributed by atoms with E-state index in [1.54, 1.807) is 12.1 Å². The number of benzene rings is 2. The van der Waals surface area contributed by atoms with Crippen molar-refractivity contribution in [1.29, 1.82) is 0 Å². The zero-order chi connectivity index (χ0) is 16.5. The van der Waals surface area contributed by atoms with Crippen molar-refractivity contribution in [2.75, 3.05) is 4.72 Å². The van der Waals surface area contributed by atoms with Gasteiger partial charge in [-0.3, -0.25) is 4.72 Å². The highest BCUT2D eigenvalue weighted by Crippen LogP contribution is 2.26. The second-order valence-corrected chi connectivity index (χ2v) is 7.82. The van der Waals surface area contributed by atoms with Crippen molar-refractivity contribution in [1.82, 2.24) is 0 Å². The standard InChI is InChI=1S/C15H14F2INO2S/c1-9(2)10-4-3-5-11(8-10)22(20,21)19-13-7-6-12(16)15(18)14(13)17/h3-9,19H,1-2H3. The third kappa shape index (κ3) is 3.57. The summed E-state index contributed by atoms with van der Waals surface area (Å²) in [7, 11) is -3.94. The molecule has 0 saturated heterocycles. The van der Waals surface area contributed by atoms with Gasteiger partial charge in [-0.25, -0.2) is 17.2 Å². The van der Waals surface area contributed by atoms with Crippen LogP contribution in [0.4, 0.5) is 14.5 Å². The molecule has 0 spiro atoms. The molecule has 118 valence electrons. The van der Waals surface area contributed by atoms with Crippen molar-refractivity contribution in [2.24, 2.45) is 0 Å². The Morgan fingerprint density at radius 1 is 1.14 bits per heavy atom. The van der Waals surface area contributed by atoms with Gasteiger partial charge in [-0.1, -0.05) is 26.0 Å². The average molecular weight is 437 g/mol. The Kier molecular flexibility index (Phi) is 5.06. The molecule has 2 rings (SSSR count). The number of rotatable bonds is 4. The van der Waals surface area contributed by atoms with Crippen LogP contribution in [0.3, 0.4) is 0 Å². The fourth-order valence-corrected chi connectivity index (χ4v) is 3.43. The van der Waals surface area contributed by atoms with Gasteiger partial charge in [-0.15, -0.1) is 0 Å². The van der Waals surface area contributed by atoms with Gasteiger partial charge < -0.3 is 0 Å². The molecule has 0 saturated carbocycles. The van der Waals surface area contributed by atoms with Crippen molar-refractivity contribution < 1.29 is 17.2 Å². The maximum absolute atomic E-state index is 13.9. The Morgan fingerprint density at radius 2 is 1.82 bits per heavy atom. The topological polar surface area (TPSA) is 46.2 Å². The molecule has 7 heteroatoms. The third-order valence-corrected chi connectivity index (χ3v) is 5.47. The molecule has 0 heterocycles. The zero-order valence-electron chi connectivity index (χ0n) is 11.9. The van der Waals surface area contributed by atoms with E-state index in [9.17, 15) is 17.2 Å². The van der Waals surface area contributed by atoms with Crippen LogP contribution in [0.25, 0.3) is 0 Å². The first kappa shape index (κ1) is 17.1. The van der Waals surface area contributed by atoms with Crippen LogP contribution >= 0.6 is 22.6 Å². The molecular formula is C15H14F2INO2S. The van der Waals surface area contributed by atoms with Crippen LogP contribution in [0.5, 0.6) is 0 Å². The summed E-state index contributed by atoms with van der Waals surface area (Å²) in [5, 5.41) is 0. The molecule has 0 aliphatic heterocycles. The Balaban J connectivity index is 2.40. The summed E-state index contributed by atoms with van der Waals surface area (Å²) >= 11 is 1.49. The van der Waals surface area contributed by atoms with Gasteiger partial charge in [0.1, 0.15) is 5.82 Å². The molecule has 1 N–H and O–H groups in total. The van der Waals surface area contributed by atoms with E-state index < -0.39 is 21.7 Å². The number of halogens is 3. The molecule has 3 nitrogen and oxygen atoms in total. The average Bonchev–Trinajstić information content (AvgIpc) is 2.48. The van der Waals surface area contributed by atoms with Crippen molar-refractivity contribution in [3.8, 4) is 0 Å². The van der Waals surface area contributed by atoms with Gasteiger partial charge in [0.05, 0.1) is 14.2 Å². The summed E-state index contributed by atoms with van der Waals surface area (Å²) < 4.78 is 53.8. The highest BCUT2D eigenvalue weighted by molar-refractivity contribution is 14.1. The Bertz CT molecular complexity index is 807. The third-order valence-electron chi connectivity index (χ3n) is 3.11. The molecule has 2 aromatic rings. The predicted molar refractivity (Wildman–Crippen MR) is 90.4 cm³/mol. The molecule has 22 heavy (non-hydrogen) atoms. The summed E-state index contributed by atoms with van der Waals surface area (Å²) in [5.41, 5.74) is 0.581. The van der Waals surface area contributed by atoms with E-state index >= 15 is 0 Å². The highest BCUT2D eigenvalue weighted by Gasteiger charge is 2.19. The van der Waals surface area contributed by atoms with E-state index in [-0.39, 0.29) is 20.1 Å². The van der Waals surface area contributed by atoms with Gasteiger partial charge >= 0.3 is 0 Å². The van der Waals surface area contributed by atoms with E-state index in [0.717, 1.165) is 17.7 Å². The first-order valence-corrected chi connectivity index (χ1v) is 9.05. The van der Waals surface area contributed by atoms with Crippen LogP contribution in [-0.2, 0) is 10.0 Å². The summed E-state index contributed by atoms with van der Waals surface area (Å²) in [6.45, 7) is 3.89. The number of sulfonamides is 1. The quantitative estimate of drug-likeness (QED) is 0.566. The van der Waals surface area contributed by atoms with Gasteiger partial charge in [-0.05, 0) is 58.3 Å². The van der Waals surface area contributed by atoms with E-state index in [1.165, 1.54) is 28.7 Å². The Hall–Kier alpha value is -1.22. The van der Waals surface area contributed by atoms with E-state index in [4.69, 9.17) is 0 Å². The molecule has 0 aliphatic rings. The maximum atomic E-state index is 13.9. The summed E-state index contributed by atoms with van der Waals surface area (Å²) in [5.74, 6) is -1.49. The monoisotopic (exact) mass is 437 g/mol. The SMILES string of the molecule is CC(C)c1cccc(S(=O)(=O)Nc2ccc(F)c(I)c2F)c1. The smallest absolute Gasteiger partial charge is 0.261 e. The summed E-state index contributed by atoms with van der Waals surface area (Å²) in [4.78, 5) is 0.0393. The van der Waals surface area contributed by atoms with E-state index in [0.29, 0.717) is 0 Å². The summed E-state index contributed by atoms with van der Waals surface area (Å²) in [6, 6.07) is 8.52. The number of hydrogen-bond donors (Lipinski definition) is 1. The molecule has 0 amide bonds. The Morgan fingerprint density at radius 3 is 2.45 bits per heavy atom. The highest BCUT2D eigenvalue weighted by atomic mass is 127. The minimum absolute atomic E-state index is 0.0393. The fraction of sp³-hybridized carbons (Fsp3) is 0.200. The second kappa shape index (κ2) is 6.49. The molecule has 0 bridgehead atoms. The largest absolute Gasteiger partial charge is 0.277 e. The minimum atomic E-state index is -3.94. The van der Waals surface area contributed by atoms with Crippen molar-refractivity contribution in [2.45, 2.75) is 24.7 Å². The van der Waals surface area contributed by atoms with Crippen LogP contribution in [0.1, 0.15) is 25.3 Å². The zero-order valence-corrected chi connectivity index (χ0v) is 14.9. The minimum Gasteiger partial charge on any atom is -0.277 e. The molecule has 0 radical (unpaired) electrons. The van der Waals surface area contributed by atoms with Gasteiger partial charge in [0.2, 0.25) is 0 Å². The van der Waals surface area contributed by atoms with Gasteiger partial charge in [-0.2, -0.15) is 0 Å². The van der Waals surface area contributed by atoms with Gasteiger partial charge in [0.15, 0.2) is 5.82 Å².